The van der Waals surface area contributed by atoms with Crippen molar-refractivity contribution in [1.29, 1.82) is 0 Å². The second kappa shape index (κ2) is 6.74. The Labute approximate surface area is 143 Å². The highest BCUT2D eigenvalue weighted by molar-refractivity contribution is 7.98. The first-order chi connectivity index (χ1) is 11.0. The smallest absolute Gasteiger partial charge is 0.212 e. The fraction of sp³-hybridized carbons (Fsp3) is 0.800. The van der Waals surface area contributed by atoms with E-state index in [1.54, 1.807) is 10.6 Å². The minimum Gasteiger partial charge on any atom is -0.348 e. The topological polar surface area (TPSA) is 69.3 Å². The highest BCUT2D eigenvalue weighted by atomic mass is 32.2. The van der Waals surface area contributed by atoms with Gasteiger partial charge in [0.25, 0.3) is 0 Å². The van der Waals surface area contributed by atoms with Crippen molar-refractivity contribution < 1.29 is 8.42 Å². The number of piperidine rings is 1. The van der Waals surface area contributed by atoms with Crippen molar-refractivity contribution in [3.8, 4) is 0 Å². The van der Waals surface area contributed by atoms with Crippen LogP contribution in [0.1, 0.15) is 30.7 Å². The van der Waals surface area contributed by atoms with Gasteiger partial charge in [0.1, 0.15) is 0 Å². The van der Waals surface area contributed by atoms with E-state index in [9.17, 15) is 8.42 Å². The Hall–Kier alpha value is -0.570. The average Bonchev–Trinajstić information content (AvgIpc) is 2.98. The van der Waals surface area contributed by atoms with Crippen molar-refractivity contribution in [2.75, 3.05) is 44.4 Å². The zero-order valence-electron chi connectivity index (χ0n) is 13.9. The maximum atomic E-state index is 12.4. The molecular formula is C15H26N4O2S2. The van der Waals surface area contributed by atoms with Crippen molar-refractivity contribution in [2.45, 2.75) is 31.2 Å². The SMILES string of the molecule is CSCCCN1CCC2(CC1)c1nc[nH]c1CCN2S(C)(=O)=O. The molecule has 0 radical (unpaired) electrons. The second-order valence-electron chi connectivity index (χ2n) is 6.53. The normalized spacial score (nSPS) is 22.3. The Bertz CT molecular complexity index is 636. The number of hydrogen-bond acceptors (Lipinski definition) is 5. The van der Waals surface area contributed by atoms with Gasteiger partial charge in [-0.1, -0.05) is 0 Å². The summed E-state index contributed by atoms with van der Waals surface area (Å²) in [4.78, 5) is 10.2. The largest absolute Gasteiger partial charge is 0.348 e. The van der Waals surface area contributed by atoms with E-state index in [-0.39, 0.29) is 0 Å². The molecule has 0 aliphatic carbocycles. The molecule has 1 aromatic rings. The fourth-order valence-electron chi connectivity index (χ4n) is 4.01. The minimum atomic E-state index is -3.24. The lowest BCUT2D eigenvalue weighted by Crippen LogP contribution is -2.58. The first-order valence-electron chi connectivity index (χ1n) is 8.19. The first-order valence-corrected chi connectivity index (χ1v) is 11.4. The van der Waals surface area contributed by atoms with Crippen LogP contribution in [0, 0.1) is 0 Å². The Morgan fingerprint density at radius 2 is 2.09 bits per heavy atom. The third-order valence-corrected chi connectivity index (χ3v) is 7.14. The molecular weight excluding hydrogens is 332 g/mol. The Morgan fingerprint density at radius 3 is 2.74 bits per heavy atom. The van der Waals surface area contributed by atoms with Gasteiger partial charge < -0.3 is 9.88 Å². The van der Waals surface area contributed by atoms with E-state index < -0.39 is 15.6 Å². The number of nitrogens with one attached hydrogen (secondary N) is 1. The Kier molecular flexibility index (Phi) is 5.06. The van der Waals surface area contributed by atoms with Gasteiger partial charge in [-0.15, -0.1) is 0 Å². The van der Waals surface area contributed by atoms with Crippen LogP contribution in [0.2, 0.25) is 0 Å². The zero-order valence-corrected chi connectivity index (χ0v) is 15.5. The van der Waals surface area contributed by atoms with Crippen molar-refractivity contribution in [2.24, 2.45) is 0 Å². The summed E-state index contributed by atoms with van der Waals surface area (Å²) < 4.78 is 26.4. The average molecular weight is 359 g/mol. The number of fused-ring (bicyclic) bond motifs is 2. The molecule has 1 aromatic heterocycles. The number of aromatic amines is 1. The summed E-state index contributed by atoms with van der Waals surface area (Å²) in [5.41, 5.74) is 1.62. The number of hydrogen-bond donors (Lipinski definition) is 1. The van der Waals surface area contributed by atoms with E-state index in [0.717, 1.165) is 50.3 Å². The van der Waals surface area contributed by atoms with E-state index in [1.165, 1.54) is 18.4 Å². The van der Waals surface area contributed by atoms with E-state index in [0.29, 0.717) is 6.54 Å². The number of aromatic nitrogens is 2. The van der Waals surface area contributed by atoms with Crippen LogP contribution in [0.3, 0.4) is 0 Å². The standard InChI is InChI=1S/C15H26N4O2S2/c1-22-11-3-7-18-9-5-15(6-10-18)14-13(16-12-17-14)4-8-19(15)23(2,20)21/h12H,3-11H2,1-2H3,(H,16,17). The molecule has 0 unspecified atom stereocenters. The minimum absolute atomic E-state index is 0.447. The van der Waals surface area contributed by atoms with Gasteiger partial charge in [-0.3, -0.25) is 0 Å². The molecule has 3 heterocycles. The molecule has 0 atom stereocenters. The van der Waals surface area contributed by atoms with Crippen LogP contribution in [0.4, 0.5) is 0 Å². The van der Waals surface area contributed by atoms with Crippen molar-refractivity contribution in [3.63, 3.8) is 0 Å². The van der Waals surface area contributed by atoms with E-state index >= 15 is 0 Å². The van der Waals surface area contributed by atoms with Gasteiger partial charge in [0.15, 0.2) is 0 Å². The Balaban J connectivity index is 1.81. The van der Waals surface area contributed by atoms with E-state index in [4.69, 9.17) is 0 Å². The van der Waals surface area contributed by atoms with Crippen LogP contribution in [0.25, 0.3) is 0 Å². The number of H-pyrrole nitrogens is 1. The molecule has 8 heteroatoms. The molecule has 0 saturated carbocycles. The lowest BCUT2D eigenvalue weighted by atomic mass is 9.80. The molecule has 0 amide bonds. The van der Waals surface area contributed by atoms with Crippen molar-refractivity contribution >= 4 is 21.8 Å². The van der Waals surface area contributed by atoms with Gasteiger partial charge in [-0.05, 0) is 37.8 Å². The zero-order chi connectivity index (χ0) is 16.5. The monoisotopic (exact) mass is 358 g/mol. The molecule has 1 saturated heterocycles. The molecule has 1 N–H and O–H groups in total. The second-order valence-corrected chi connectivity index (χ2v) is 9.43. The third-order valence-electron chi connectivity index (χ3n) is 5.11. The number of imidazole rings is 1. The lowest BCUT2D eigenvalue weighted by Gasteiger charge is -2.49. The molecule has 2 aliphatic heterocycles. The summed E-state index contributed by atoms with van der Waals surface area (Å²) in [7, 11) is -3.24. The van der Waals surface area contributed by atoms with Crippen LogP contribution < -0.4 is 0 Å². The third kappa shape index (κ3) is 3.31. The highest BCUT2D eigenvalue weighted by Crippen LogP contribution is 2.43. The molecule has 1 spiro atoms. The molecule has 0 bridgehead atoms. The summed E-state index contributed by atoms with van der Waals surface area (Å²) in [6.07, 6.45) is 8.75. The van der Waals surface area contributed by atoms with Crippen molar-refractivity contribution in [3.05, 3.63) is 17.7 Å². The highest BCUT2D eigenvalue weighted by Gasteiger charge is 2.50. The number of nitrogens with zero attached hydrogens (tertiary/aromatic N) is 3. The Morgan fingerprint density at radius 1 is 1.35 bits per heavy atom. The quantitative estimate of drug-likeness (QED) is 0.803. The molecule has 0 aromatic carbocycles. The van der Waals surface area contributed by atoms with Crippen LogP contribution >= 0.6 is 11.8 Å². The van der Waals surface area contributed by atoms with Gasteiger partial charge in [0.2, 0.25) is 10.0 Å². The summed E-state index contributed by atoms with van der Waals surface area (Å²) in [5.74, 6) is 1.18. The predicted octanol–water partition coefficient (Wildman–Crippen LogP) is 1.27. The van der Waals surface area contributed by atoms with Gasteiger partial charge in [0.05, 0.1) is 23.8 Å². The van der Waals surface area contributed by atoms with Gasteiger partial charge in [-0.25, -0.2) is 13.4 Å². The van der Waals surface area contributed by atoms with Gasteiger partial charge >= 0.3 is 0 Å². The maximum absolute atomic E-state index is 12.4. The van der Waals surface area contributed by atoms with Crippen LogP contribution in [-0.2, 0) is 22.0 Å². The number of sulfonamides is 1. The van der Waals surface area contributed by atoms with Crippen molar-refractivity contribution in [1.82, 2.24) is 19.2 Å². The predicted molar refractivity (Wildman–Crippen MR) is 94.2 cm³/mol. The number of thioether (sulfide) groups is 1. The van der Waals surface area contributed by atoms with E-state index in [1.807, 2.05) is 11.8 Å². The summed E-state index contributed by atoms with van der Waals surface area (Å²) >= 11 is 1.88. The van der Waals surface area contributed by atoms with Crippen LogP contribution in [0.5, 0.6) is 0 Å². The number of rotatable bonds is 5. The molecule has 3 rings (SSSR count). The molecule has 1 fully saturated rings. The molecule has 23 heavy (non-hydrogen) atoms. The lowest BCUT2D eigenvalue weighted by molar-refractivity contribution is 0.0640. The van der Waals surface area contributed by atoms with Crippen LogP contribution in [-0.4, -0.2) is 72.0 Å². The fourth-order valence-corrected chi connectivity index (χ4v) is 5.75. The summed E-state index contributed by atoms with van der Waals surface area (Å²) in [6.45, 7) is 3.53. The number of likely N-dealkylation sites (tertiary alicyclic amines) is 1. The summed E-state index contributed by atoms with van der Waals surface area (Å²) in [5, 5.41) is 0. The van der Waals surface area contributed by atoms with Crippen LogP contribution in [0.15, 0.2) is 6.33 Å². The molecule has 2 aliphatic rings. The van der Waals surface area contributed by atoms with Gasteiger partial charge in [0, 0.05) is 31.7 Å². The van der Waals surface area contributed by atoms with Gasteiger partial charge in [-0.2, -0.15) is 16.1 Å². The van der Waals surface area contributed by atoms with E-state index in [2.05, 4.69) is 21.1 Å². The molecule has 6 nitrogen and oxygen atoms in total. The summed E-state index contributed by atoms with van der Waals surface area (Å²) in [6, 6.07) is 0. The maximum Gasteiger partial charge on any atom is 0.212 e. The molecule has 130 valence electrons. The first kappa shape index (κ1) is 17.3.